The number of hydrogen-bond donors (Lipinski definition) is 1. The van der Waals surface area contributed by atoms with Gasteiger partial charge in [-0.15, -0.1) is 11.3 Å². The van der Waals surface area contributed by atoms with Gasteiger partial charge in [0, 0.05) is 0 Å². The summed E-state index contributed by atoms with van der Waals surface area (Å²) in [4.78, 5) is 0.889. The minimum absolute atomic E-state index is 0.470. The monoisotopic (exact) mass is 228 g/mol. The van der Waals surface area contributed by atoms with Gasteiger partial charge in [-0.2, -0.15) is 0 Å². The van der Waals surface area contributed by atoms with Crippen LogP contribution >= 0.6 is 22.9 Å². The van der Waals surface area contributed by atoms with E-state index in [9.17, 15) is 5.11 Å². The van der Waals surface area contributed by atoms with Crippen LogP contribution in [-0.4, -0.2) is 5.11 Å². The zero-order valence-corrected chi connectivity index (χ0v) is 9.44. The summed E-state index contributed by atoms with van der Waals surface area (Å²) < 4.78 is 0. The van der Waals surface area contributed by atoms with Crippen molar-refractivity contribution in [1.82, 2.24) is 0 Å². The van der Waals surface area contributed by atoms with E-state index in [0.717, 1.165) is 23.3 Å². The summed E-state index contributed by atoms with van der Waals surface area (Å²) >= 11 is 7.51. The lowest BCUT2D eigenvalue weighted by Gasteiger charge is -2.17. The fourth-order valence-electron chi connectivity index (χ4n) is 1.78. The number of allylic oxidation sites excluding steroid dienone is 1. The van der Waals surface area contributed by atoms with Crippen LogP contribution in [0.15, 0.2) is 23.1 Å². The van der Waals surface area contributed by atoms with Crippen LogP contribution in [0.2, 0.25) is 5.02 Å². The molecule has 3 heteroatoms. The maximum atomic E-state index is 10.1. The third kappa shape index (κ3) is 2.02. The minimum Gasteiger partial charge on any atom is -0.383 e. The van der Waals surface area contributed by atoms with Gasteiger partial charge in [-0.3, -0.25) is 0 Å². The number of aliphatic hydroxyl groups is 1. The Morgan fingerprint density at radius 1 is 1.43 bits per heavy atom. The van der Waals surface area contributed by atoms with Gasteiger partial charge in [0.25, 0.3) is 0 Å². The lowest BCUT2D eigenvalue weighted by atomic mass is 9.95. The molecule has 0 aliphatic heterocycles. The lowest BCUT2D eigenvalue weighted by molar-refractivity contribution is 0.212. The lowest BCUT2D eigenvalue weighted by Crippen LogP contribution is -2.03. The highest BCUT2D eigenvalue weighted by Gasteiger charge is 2.18. The molecule has 0 bridgehead atoms. The Morgan fingerprint density at radius 2 is 2.29 bits per heavy atom. The number of rotatable bonds is 2. The van der Waals surface area contributed by atoms with Crippen LogP contribution in [0.5, 0.6) is 0 Å². The molecular formula is C11H13ClOS. The molecule has 1 N–H and O–H groups in total. The fourth-order valence-corrected chi connectivity index (χ4v) is 2.97. The molecule has 0 amide bonds. The van der Waals surface area contributed by atoms with Gasteiger partial charge < -0.3 is 5.11 Å². The quantitative estimate of drug-likeness (QED) is 0.761. The zero-order chi connectivity index (χ0) is 9.97. The van der Waals surface area contributed by atoms with E-state index in [1.54, 1.807) is 0 Å². The van der Waals surface area contributed by atoms with Gasteiger partial charge in [0.15, 0.2) is 0 Å². The molecule has 0 aromatic carbocycles. The highest BCUT2D eigenvalue weighted by molar-refractivity contribution is 7.10. The predicted molar refractivity (Wildman–Crippen MR) is 60.8 cm³/mol. The average molecular weight is 229 g/mol. The summed E-state index contributed by atoms with van der Waals surface area (Å²) in [5, 5.41) is 12.7. The Bertz CT molecular complexity index is 343. The van der Waals surface area contributed by atoms with E-state index in [1.165, 1.54) is 24.2 Å². The first kappa shape index (κ1) is 10.2. The molecule has 14 heavy (non-hydrogen) atoms. The van der Waals surface area contributed by atoms with Crippen molar-refractivity contribution >= 4 is 22.9 Å². The highest BCUT2D eigenvalue weighted by atomic mass is 35.5. The Hall–Kier alpha value is -0.310. The highest BCUT2D eigenvalue weighted by Crippen LogP contribution is 2.36. The summed E-state index contributed by atoms with van der Waals surface area (Å²) in [7, 11) is 0. The molecule has 76 valence electrons. The Labute approximate surface area is 93.0 Å². The Morgan fingerprint density at radius 3 is 2.86 bits per heavy atom. The third-order valence-electron chi connectivity index (χ3n) is 2.57. The number of aliphatic hydroxyl groups excluding tert-OH is 1. The molecule has 1 heterocycles. The van der Waals surface area contributed by atoms with Crippen molar-refractivity contribution in [3.63, 3.8) is 0 Å². The molecule has 1 unspecified atom stereocenters. The SMILES string of the molecule is OC(C1=CCCCC1)c1sccc1Cl. The Balaban J connectivity index is 2.19. The Kier molecular flexibility index (Phi) is 3.26. The van der Waals surface area contributed by atoms with Crippen molar-refractivity contribution < 1.29 is 5.11 Å². The van der Waals surface area contributed by atoms with Crippen LogP contribution in [-0.2, 0) is 0 Å². The summed E-state index contributed by atoms with van der Waals surface area (Å²) in [5.41, 5.74) is 1.14. The van der Waals surface area contributed by atoms with Crippen LogP contribution in [0.3, 0.4) is 0 Å². The smallest absolute Gasteiger partial charge is 0.111 e. The van der Waals surface area contributed by atoms with Crippen LogP contribution in [0.4, 0.5) is 0 Å². The largest absolute Gasteiger partial charge is 0.383 e. The number of halogens is 1. The van der Waals surface area contributed by atoms with Gasteiger partial charge in [-0.1, -0.05) is 17.7 Å². The van der Waals surface area contributed by atoms with Crippen LogP contribution in [0, 0.1) is 0 Å². The molecule has 1 aromatic rings. The second kappa shape index (κ2) is 4.47. The molecule has 0 saturated carbocycles. The van der Waals surface area contributed by atoms with Crippen LogP contribution in [0.1, 0.15) is 36.7 Å². The first-order valence-electron chi connectivity index (χ1n) is 4.89. The third-order valence-corrected chi connectivity index (χ3v) is 3.98. The second-order valence-electron chi connectivity index (χ2n) is 3.56. The standard InChI is InChI=1S/C11H13ClOS/c12-9-6-7-14-11(9)10(13)8-4-2-1-3-5-8/h4,6-7,10,13H,1-3,5H2. The first-order valence-corrected chi connectivity index (χ1v) is 6.14. The van der Waals surface area contributed by atoms with E-state index in [2.05, 4.69) is 6.08 Å². The number of hydrogen-bond acceptors (Lipinski definition) is 2. The van der Waals surface area contributed by atoms with Crippen LogP contribution < -0.4 is 0 Å². The summed E-state index contributed by atoms with van der Waals surface area (Å²) in [6.45, 7) is 0. The van der Waals surface area contributed by atoms with Gasteiger partial charge in [0.1, 0.15) is 6.10 Å². The summed E-state index contributed by atoms with van der Waals surface area (Å²) in [6, 6.07) is 1.84. The van der Waals surface area contributed by atoms with E-state index in [0.29, 0.717) is 5.02 Å². The van der Waals surface area contributed by atoms with Crippen molar-refractivity contribution in [2.24, 2.45) is 0 Å². The minimum atomic E-state index is -0.470. The molecule has 2 rings (SSSR count). The molecule has 1 aromatic heterocycles. The molecular weight excluding hydrogens is 216 g/mol. The molecule has 0 saturated heterocycles. The van der Waals surface area contributed by atoms with Crippen molar-refractivity contribution in [3.8, 4) is 0 Å². The van der Waals surface area contributed by atoms with E-state index in [1.807, 2.05) is 11.4 Å². The molecule has 0 radical (unpaired) electrons. The van der Waals surface area contributed by atoms with E-state index in [-0.39, 0.29) is 0 Å². The summed E-state index contributed by atoms with van der Waals surface area (Å²) in [6.07, 6.45) is 6.22. The zero-order valence-electron chi connectivity index (χ0n) is 7.87. The molecule has 0 fully saturated rings. The van der Waals surface area contributed by atoms with Crippen molar-refractivity contribution in [2.75, 3.05) is 0 Å². The number of thiophene rings is 1. The molecule has 1 aliphatic carbocycles. The average Bonchev–Trinajstić information content (AvgIpc) is 2.65. The maximum Gasteiger partial charge on any atom is 0.111 e. The molecule has 0 spiro atoms. The first-order chi connectivity index (χ1) is 6.79. The van der Waals surface area contributed by atoms with Gasteiger partial charge in [-0.25, -0.2) is 0 Å². The molecule has 1 nitrogen and oxygen atoms in total. The molecule has 1 atom stereocenters. The van der Waals surface area contributed by atoms with E-state index in [4.69, 9.17) is 11.6 Å². The normalized spacial score (nSPS) is 19.1. The van der Waals surface area contributed by atoms with Gasteiger partial charge in [-0.05, 0) is 42.7 Å². The summed E-state index contributed by atoms with van der Waals surface area (Å²) in [5.74, 6) is 0. The molecule has 1 aliphatic rings. The second-order valence-corrected chi connectivity index (χ2v) is 4.92. The van der Waals surface area contributed by atoms with E-state index < -0.39 is 6.10 Å². The predicted octanol–water partition coefficient (Wildman–Crippen LogP) is 3.94. The topological polar surface area (TPSA) is 20.2 Å². The van der Waals surface area contributed by atoms with Gasteiger partial charge in [0.05, 0.1) is 9.90 Å². The fraction of sp³-hybridized carbons (Fsp3) is 0.455. The maximum absolute atomic E-state index is 10.1. The van der Waals surface area contributed by atoms with Gasteiger partial charge in [0.2, 0.25) is 0 Å². The van der Waals surface area contributed by atoms with E-state index >= 15 is 0 Å². The van der Waals surface area contributed by atoms with Crippen LogP contribution in [0.25, 0.3) is 0 Å². The van der Waals surface area contributed by atoms with Crippen molar-refractivity contribution in [2.45, 2.75) is 31.8 Å². The van der Waals surface area contributed by atoms with Crippen molar-refractivity contribution in [3.05, 3.63) is 33.0 Å². The van der Waals surface area contributed by atoms with Gasteiger partial charge >= 0.3 is 0 Å². The van der Waals surface area contributed by atoms with Crippen molar-refractivity contribution in [1.29, 1.82) is 0 Å².